The predicted molar refractivity (Wildman–Crippen MR) is 50.7 cm³/mol. The van der Waals surface area contributed by atoms with Gasteiger partial charge in [0.05, 0.1) is 0 Å². The van der Waals surface area contributed by atoms with Crippen LogP contribution in [0.2, 0.25) is 5.15 Å². The smallest absolute Gasteiger partial charge is 0.132 e. The van der Waals surface area contributed by atoms with Crippen molar-refractivity contribution in [1.82, 2.24) is 4.98 Å². The molecular weight excluding hydrogens is 181 g/mol. The van der Waals surface area contributed by atoms with Gasteiger partial charge in [0.1, 0.15) is 5.15 Å². The topological polar surface area (TPSA) is 12.9 Å². The van der Waals surface area contributed by atoms with E-state index in [1.807, 2.05) is 13.8 Å². The average Bonchev–Trinajstić information content (AvgIpc) is 1.93. The van der Waals surface area contributed by atoms with Crippen molar-refractivity contribution >= 4 is 24.0 Å². The zero-order valence-corrected chi connectivity index (χ0v) is 8.38. The molecule has 1 aromatic heterocycles. The van der Waals surface area contributed by atoms with Crippen LogP contribution < -0.4 is 0 Å². The molecule has 0 radical (unpaired) electrons. The number of hydrogen-bond acceptors (Lipinski definition) is 1. The van der Waals surface area contributed by atoms with Gasteiger partial charge in [-0.2, -0.15) is 0 Å². The van der Waals surface area contributed by atoms with Gasteiger partial charge in [-0.3, -0.25) is 0 Å². The Balaban J connectivity index is 0.000001000. The molecule has 0 aromatic carbocycles. The molecule has 0 amide bonds. The lowest BCUT2D eigenvalue weighted by atomic mass is 10.1. The van der Waals surface area contributed by atoms with E-state index in [4.69, 9.17) is 11.6 Å². The van der Waals surface area contributed by atoms with Gasteiger partial charge in [-0.1, -0.05) is 11.6 Å². The summed E-state index contributed by atoms with van der Waals surface area (Å²) in [5.74, 6) is 0. The lowest BCUT2D eigenvalue weighted by molar-refractivity contribution is 1.16. The molecule has 1 heterocycles. The molecule has 0 atom stereocenters. The van der Waals surface area contributed by atoms with E-state index in [0.29, 0.717) is 5.15 Å². The largest absolute Gasteiger partial charge is 0.244 e. The highest BCUT2D eigenvalue weighted by molar-refractivity contribution is 6.30. The Morgan fingerprint density at radius 3 is 2.18 bits per heavy atom. The van der Waals surface area contributed by atoms with Gasteiger partial charge in [0.15, 0.2) is 0 Å². The number of rotatable bonds is 0. The van der Waals surface area contributed by atoms with E-state index in [2.05, 4.69) is 11.9 Å². The molecule has 0 saturated heterocycles. The molecule has 0 N–H and O–H groups in total. The summed E-state index contributed by atoms with van der Waals surface area (Å²) in [6.07, 6.45) is 1.80. The van der Waals surface area contributed by atoms with Crippen LogP contribution in [-0.4, -0.2) is 4.98 Å². The third-order valence-corrected chi connectivity index (χ3v) is 2.22. The molecule has 1 aromatic rings. The Morgan fingerprint density at radius 2 is 1.73 bits per heavy atom. The van der Waals surface area contributed by atoms with Crippen molar-refractivity contribution in [3.05, 3.63) is 28.0 Å². The summed E-state index contributed by atoms with van der Waals surface area (Å²) in [4.78, 5) is 4.00. The minimum atomic E-state index is 0. The van der Waals surface area contributed by atoms with Crippen molar-refractivity contribution in [2.75, 3.05) is 0 Å². The number of pyridine rings is 1. The summed E-state index contributed by atoms with van der Waals surface area (Å²) in [6.45, 7) is 6.07. The molecule has 0 fully saturated rings. The molecule has 1 nitrogen and oxygen atoms in total. The van der Waals surface area contributed by atoms with E-state index in [1.54, 1.807) is 6.20 Å². The molecule has 0 aliphatic carbocycles. The van der Waals surface area contributed by atoms with Gasteiger partial charge < -0.3 is 0 Å². The van der Waals surface area contributed by atoms with Crippen molar-refractivity contribution in [1.29, 1.82) is 0 Å². The maximum atomic E-state index is 5.77. The molecule has 0 bridgehead atoms. The lowest BCUT2D eigenvalue weighted by Crippen LogP contribution is -1.89. The molecule has 0 saturated carbocycles. The Hall–Kier alpha value is -0.270. The van der Waals surface area contributed by atoms with E-state index in [-0.39, 0.29) is 12.4 Å². The number of aromatic nitrogens is 1. The number of aryl methyl sites for hydroxylation is 1. The van der Waals surface area contributed by atoms with Crippen molar-refractivity contribution in [2.24, 2.45) is 0 Å². The Kier molecular flexibility index (Phi) is 3.84. The zero-order valence-electron chi connectivity index (χ0n) is 6.81. The second-order valence-electron chi connectivity index (χ2n) is 2.48. The number of nitrogens with zero attached hydrogens (tertiary/aromatic N) is 1. The first-order valence-electron chi connectivity index (χ1n) is 3.21. The van der Waals surface area contributed by atoms with Crippen LogP contribution in [0.4, 0.5) is 0 Å². The fourth-order valence-electron chi connectivity index (χ4n) is 0.798. The lowest BCUT2D eigenvalue weighted by Gasteiger charge is -2.03. The summed E-state index contributed by atoms with van der Waals surface area (Å²) in [5.41, 5.74) is 3.52. The van der Waals surface area contributed by atoms with Gasteiger partial charge >= 0.3 is 0 Å². The maximum absolute atomic E-state index is 5.77. The fourth-order valence-corrected chi connectivity index (χ4v) is 0.988. The van der Waals surface area contributed by atoms with E-state index >= 15 is 0 Å². The van der Waals surface area contributed by atoms with E-state index in [9.17, 15) is 0 Å². The molecule has 0 aliphatic heterocycles. The van der Waals surface area contributed by atoms with Crippen LogP contribution >= 0.6 is 24.0 Å². The van der Waals surface area contributed by atoms with Crippen molar-refractivity contribution in [3.8, 4) is 0 Å². The maximum Gasteiger partial charge on any atom is 0.132 e. The van der Waals surface area contributed by atoms with Gasteiger partial charge in [-0.15, -0.1) is 12.4 Å². The SMILES string of the molecule is Cc1cnc(Cl)c(C)c1C.Cl. The second-order valence-corrected chi connectivity index (χ2v) is 2.84. The van der Waals surface area contributed by atoms with E-state index < -0.39 is 0 Å². The molecule has 0 unspecified atom stereocenters. The van der Waals surface area contributed by atoms with E-state index in [1.165, 1.54) is 11.1 Å². The molecule has 3 heteroatoms. The third kappa shape index (κ3) is 2.08. The van der Waals surface area contributed by atoms with Crippen molar-refractivity contribution in [2.45, 2.75) is 20.8 Å². The summed E-state index contributed by atoms with van der Waals surface area (Å²) >= 11 is 5.77. The normalized spacial score (nSPS) is 9.09. The summed E-state index contributed by atoms with van der Waals surface area (Å²) in [5, 5.41) is 0.614. The summed E-state index contributed by atoms with van der Waals surface area (Å²) < 4.78 is 0. The first-order valence-corrected chi connectivity index (χ1v) is 3.59. The van der Waals surface area contributed by atoms with Crippen LogP contribution in [0.15, 0.2) is 6.20 Å². The highest BCUT2D eigenvalue weighted by Crippen LogP contribution is 2.17. The summed E-state index contributed by atoms with van der Waals surface area (Å²) in [6, 6.07) is 0. The minimum absolute atomic E-state index is 0. The first-order chi connectivity index (χ1) is 4.63. The number of hydrogen-bond donors (Lipinski definition) is 0. The first kappa shape index (κ1) is 10.7. The van der Waals surface area contributed by atoms with Crippen LogP contribution in [0.1, 0.15) is 16.7 Å². The van der Waals surface area contributed by atoms with E-state index in [0.717, 1.165) is 5.56 Å². The van der Waals surface area contributed by atoms with Crippen LogP contribution in [0.25, 0.3) is 0 Å². The molecule has 1 rings (SSSR count). The standard InChI is InChI=1S/C8H10ClN.ClH/c1-5-4-10-8(9)7(3)6(5)2;/h4H,1-3H3;1H. The fraction of sp³-hybridized carbons (Fsp3) is 0.375. The molecule has 11 heavy (non-hydrogen) atoms. The van der Waals surface area contributed by atoms with Crippen molar-refractivity contribution in [3.63, 3.8) is 0 Å². The Labute approximate surface area is 78.2 Å². The van der Waals surface area contributed by atoms with Gasteiger partial charge in [-0.25, -0.2) is 4.98 Å². The average molecular weight is 192 g/mol. The van der Waals surface area contributed by atoms with Gasteiger partial charge in [0.25, 0.3) is 0 Å². The van der Waals surface area contributed by atoms with Gasteiger partial charge in [0, 0.05) is 6.20 Å². The van der Waals surface area contributed by atoms with Gasteiger partial charge in [-0.05, 0) is 37.5 Å². The highest BCUT2D eigenvalue weighted by atomic mass is 35.5. The minimum Gasteiger partial charge on any atom is -0.244 e. The molecule has 62 valence electrons. The summed E-state index contributed by atoms with van der Waals surface area (Å²) in [7, 11) is 0. The number of halogens is 2. The monoisotopic (exact) mass is 191 g/mol. The molecule has 0 spiro atoms. The Bertz CT molecular complexity index is 232. The second kappa shape index (κ2) is 3.93. The van der Waals surface area contributed by atoms with Crippen molar-refractivity contribution < 1.29 is 0 Å². The quantitative estimate of drug-likeness (QED) is 0.575. The molecular formula is C8H11Cl2N. The van der Waals surface area contributed by atoms with Crippen LogP contribution in [0.3, 0.4) is 0 Å². The zero-order chi connectivity index (χ0) is 7.72. The van der Waals surface area contributed by atoms with Crippen LogP contribution in [-0.2, 0) is 0 Å². The highest BCUT2D eigenvalue weighted by Gasteiger charge is 2.00. The third-order valence-electron chi connectivity index (χ3n) is 1.83. The van der Waals surface area contributed by atoms with Crippen LogP contribution in [0, 0.1) is 20.8 Å². The molecule has 0 aliphatic rings. The van der Waals surface area contributed by atoms with Gasteiger partial charge in [0.2, 0.25) is 0 Å². The Morgan fingerprint density at radius 1 is 1.18 bits per heavy atom. The predicted octanol–water partition coefficient (Wildman–Crippen LogP) is 3.08. The van der Waals surface area contributed by atoms with Crippen LogP contribution in [0.5, 0.6) is 0 Å².